The highest BCUT2D eigenvalue weighted by molar-refractivity contribution is 6.15. The average Bonchev–Trinajstić information content (AvgIpc) is 4.02. The van der Waals surface area contributed by atoms with Crippen molar-refractivity contribution in [3.63, 3.8) is 0 Å². The van der Waals surface area contributed by atoms with Crippen molar-refractivity contribution in [3.05, 3.63) is 267 Å². The Bertz CT molecular complexity index is 5090. The van der Waals surface area contributed by atoms with Gasteiger partial charge in [-0.25, -0.2) is 0 Å². The maximum absolute atomic E-state index is 2.50. The van der Waals surface area contributed by atoms with Crippen molar-refractivity contribution in [3.8, 4) is 22.7 Å². The first kappa shape index (κ1) is 40.8. The number of benzene rings is 13. The van der Waals surface area contributed by atoms with Crippen LogP contribution in [0.25, 0.3) is 142 Å². The van der Waals surface area contributed by atoms with E-state index in [9.17, 15) is 0 Å². The van der Waals surface area contributed by atoms with Crippen LogP contribution in [0.5, 0.6) is 0 Å². The van der Waals surface area contributed by atoms with Crippen molar-refractivity contribution < 1.29 is 0 Å². The molecule has 8 bridgehead atoms. The molecule has 0 aliphatic rings. The Kier molecular flexibility index (Phi) is 8.71. The molecule has 344 valence electrons. The van der Waals surface area contributed by atoms with E-state index < -0.39 is 0 Å². The van der Waals surface area contributed by atoms with Crippen molar-refractivity contribution in [2.24, 2.45) is 0 Å². The third-order valence-electron chi connectivity index (χ3n) is 15.7. The lowest BCUT2D eigenvalue weighted by Gasteiger charge is -2.18. The summed E-state index contributed by atoms with van der Waals surface area (Å²) in [5, 5.41) is 16.8. The number of hydrogen-bond donors (Lipinski definition) is 0. The van der Waals surface area contributed by atoms with Gasteiger partial charge in [-0.15, -0.1) is 0 Å². The Morgan fingerprint density at radius 2 is 0.608 bits per heavy atom. The third-order valence-corrected chi connectivity index (χ3v) is 15.7. The molecule has 16 aromatic rings. The molecule has 0 fully saturated rings. The molecule has 0 spiro atoms. The van der Waals surface area contributed by atoms with Gasteiger partial charge in [0.05, 0.1) is 39.1 Å². The molecule has 4 heteroatoms. The second kappa shape index (κ2) is 15.8. The van der Waals surface area contributed by atoms with E-state index in [1.807, 2.05) is 0 Å². The zero-order valence-electron chi connectivity index (χ0n) is 40.2. The van der Waals surface area contributed by atoms with Gasteiger partial charge in [0, 0.05) is 60.1 Å². The number of para-hydroxylation sites is 3. The van der Waals surface area contributed by atoms with Crippen LogP contribution < -0.4 is 0 Å². The summed E-state index contributed by atoms with van der Waals surface area (Å²) in [6.45, 7) is 0. The van der Waals surface area contributed by atoms with E-state index in [0.717, 1.165) is 60.9 Å². The Labute approximate surface area is 425 Å². The standard InChI is InChI=1S/C70H44N4/c1-3-22-56-45(14-1)16-11-29-64(56)73-66-27-7-5-24-58(66)60-39-38-55(44-69(60)73)71-51-20-9-18-49(40-51)50-19-10-21-52(41-50)72(54-37-35-48-33-32-47-34-36-53(71)42-62(47)63(48)43-54)68-31-13-26-61-59-25-6-8-28-67(59)74(70(61)68)65-30-12-17-46-15-2-4-23-57(46)65/h1-44H. The molecule has 0 unspecified atom stereocenters. The summed E-state index contributed by atoms with van der Waals surface area (Å²) in [5.74, 6) is 0. The van der Waals surface area contributed by atoms with Gasteiger partial charge in [-0.3, -0.25) is 0 Å². The Morgan fingerprint density at radius 1 is 0.189 bits per heavy atom. The molecule has 0 saturated heterocycles. The van der Waals surface area contributed by atoms with Gasteiger partial charge in [-0.05, 0) is 134 Å². The predicted octanol–water partition coefficient (Wildman–Crippen LogP) is 18.7. The van der Waals surface area contributed by atoms with Crippen molar-refractivity contribution >= 4 is 120 Å². The molecule has 0 aliphatic carbocycles. The lowest BCUT2D eigenvalue weighted by Crippen LogP contribution is -2.02. The van der Waals surface area contributed by atoms with Gasteiger partial charge in [0.1, 0.15) is 0 Å². The van der Waals surface area contributed by atoms with Crippen LogP contribution in [0, 0.1) is 0 Å². The Morgan fingerprint density at radius 3 is 1.27 bits per heavy atom. The maximum Gasteiger partial charge on any atom is 0.0782 e. The van der Waals surface area contributed by atoms with Crippen LogP contribution in [0.3, 0.4) is 0 Å². The van der Waals surface area contributed by atoms with E-state index in [4.69, 9.17) is 0 Å². The van der Waals surface area contributed by atoms with Crippen LogP contribution in [-0.4, -0.2) is 18.3 Å². The van der Waals surface area contributed by atoms with Crippen LogP contribution in [0.2, 0.25) is 0 Å². The molecule has 0 saturated carbocycles. The highest BCUT2D eigenvalue weighted by Gasteiger charge is 2.20. The fourth-order valence-corrected chi connectivity index (χ4v) is 12.4. The smallest absolute Gasteiger partial charge is 0.0782 e. The van der Waals surface area contributed by atoms with Gasteiger partial charge < -0.3 is 18.3 Å². The van der Waals surface area contributed by atoms with Crippen molar-refractivity contribution in [2.45, 2.75) is 0 Å². The molecule has 4 nitrogen and oxygen atoms in total. The lowest BCUT2D eigenvalue weighted by atomic mass is 10.0. The monoisotopic (exact) mass is 940 g/mol. The maximum atomic E-state index is 2.50. The van der Waals surface area contributed by atoms with Crippen LogP contribution in [0.1, 0.15) is 0 Å². The molecule has 0 atom stereocenters. The third kappa shape index (κ3) is 6.03. The molecule has 0 radical (unpaired) electrons. The van der Waals surface area contributed by atoms with Crippen LogP contribution in [0.15, 0.2) is 267 Å². The van der Waals surface area contributed by atoms with Crippen molar-refractivity contribution in [2.75, 3.05) is 0 Å². The molecule has 0 aliphatic heterocycles. The number of aromatic nitrogens is 4. The molecule has 13 aromatic carbocycles. The number of fused-ring (bicyclic) bond motifs is 15. The first-order valence-electron chi connectivity index (χ1n) is 25.5. The van der Waals surface area contributed by atoms with Crippen molar-refractivity contribution in [1.82, 2.24) is 18.3 Å². The predicted molar refractivity (Wildman–Crippen MR) is 314 cm³/mol. The summed E-state index contributed by atoms with van der Waals surface area (Å²) in [4.78, 5) is 0. The second-order valence-electron chi connectivity index (χ2n) is 19.7. The zero-order valence-corrected chi connectivity index (χ0v) is 40.2. The minimum absolute atomic E-state index is 1.08. The summed E-state index contributed by atoms with van der Waals surface area (Å²) < 4.78 is 9.90. The molecule has 3 heterocycles. The number of hydrogen-bond acceptors (Lipinski definition) is 0. The van der Waals surface area contributed by atoms with Gasteiger partial charge in [0.2, 0.25) is 0 Å². The second-order valence-corrected chi connectivity index (χ2v) is 19.7. The highest BCUT2D eigenvalue weighted by Crippen LogP contribution is 2.41. The number of rotatable bonds is 4. The van der Waals surface area contributed by atoms with Crippen LogP contribution in [0.4, 0.5) is 0 Å². The molecule has 3 aromatic heterocycles. The topological polar surface area (TPSA) is 19.7 Å². The van der Waals surface area contributed by atoms with E-state index in [1.54, 1.807) is 0 Å². The first-order chi connectivity index (χ1) is 36.7. The largest absolute Gasteiger partial charge is 0.310 e. The van der Waals surface area contributed by atoms with E-state index in [-0.39, 0.29) is 0 Å². The van der Waals surface area contributed by atoms with E-state index in [1.165, 1.54) is 81.4 Å². The number of nitrogens with zero attached hydrogens (tertiary/aromatic N) is 4. The lowest BCUT2D eigenvalue weighted by molar-refractivity contribution is 1.13. The van der Waals surface area contributed by atoms with E-state index in [0.29, 0.717) is 0 Å². The molecular formula is C70H44N4. The summed E-state index contributed by atoms with van der Waals surface area (Å²) in [7, 11) is 0. The molecule has 0 amide bonds. The molecular weight excluding hydrogens is 897 g/mol. The zero-order chi connectivity index (χ0) is 48.4. The summed E-state index contributed by atoms with van der Waals surface area (Å²) >= 11 is 0. The van der Waals surface area contributed by atoms with Gasteiger partial charge in [-0.2, -0.15) is 0 Å². The minimum Gasteiger partial charge on any atom is -0.310 e. The van der Waals surface area contributed by atoms with Gasteiger partial charge in [0.25, 0.3) is 0 Å². The summed E-state index contributed by atoms with van der Waals surface area (Å²) in [6.07, 6.45) is 0. The van der Waals surface area contributed by atoms with E-state index >= 15 is 0 Å². The highest BCUT2D eigenvalue weighted by atomic mass is 15.1. The van der Waals surface area contributed by atoms with Gasteiger partial charge in [0.15, 0.2) is 0 Å². The summed E-state index contributed by atoms with van der Waals surface area (Å²) in [5.41, 5.74) is 13.5. The fourth-order valence-electron chi connectivity index (χ4n) is 12.4. The average molecular weight is 941 g/mol. The molecule has 74 heavy (non-hydrogen) atoms. The van der Waals surface area contributed by atoms with Gasteiger partial charge in [-0.1, -0.05) is 176 Å². The molecule has 0 N–H and O–H groups in total. The van der Waals surface area contributed by atoms with Gasteiger partial charge >= 0.3 is 0 Å². The first-order valence-corrected chi connectivity index (χ1v) is 25.5. The molecule has 16 rings (SSSR count). The summed E-state index contributed by atoms with van der Waals surface area (Å²) in [6, 6.07) is 99.1. The Balaban J connectivity index is 1.02. The van der Waals surface area contributed by atoms with Crippen LogP contribution >= 0.6 is 0 Å². The SMILES string of the molecule is c1ccc2c(-n3c4ccccc4c4ccc(-n5c6cccc(c6)c6cccc(c6)n(-c6cccc7c8ccccc8n(-c8cccc9ccccc89)c67)c6ccc7ccc8ccc5cc8c7c6)cc43)cccc2c1. The minimum atomic E-state index is 1.08. The fraction of sp³-hybridized carbons (Fsp3) is 0. The quantitative estimate of drug-likeness (QED) is 0.157. The Hall–Kier alpha value is -9.90. The normalized spacial score (nSPS) is 12.1. The van der Waals surface area contributed by atoms with Crippen LogP contribution in [-0.2, 0) is 0 Å². The van der Waals surface area contributed by atoms with E-state index in [2.05, 4.69) is 285 Å². The van der Waals surface area contributed by atoms with Crippen molar-refractivity contribution in [1.29, 1.82) is 0 Å².